The lowest BCUT2D eigenvalue weighted by Gasteiger charge is -2.29. The minimum atomic E-state index is -0.260. The number of anilines is 2. The fourth-order valence-corrected chi connectivity index (χ4v) is 3.11. The highest BCUT2D eigenvalue weighted by molar-refractivity contribution is 6.30. The van der Waals surface area contributed by atoms with Crippen molar-refractivity contribution in [1.82, 2.24) is 0 Å². The highest BCUT2D eigenvalue weighted by Gasteiger charge is 2.21. The Balaban J connectivity index is 1.65. The molecule has 0 bridgehead atoms. The van der Waals surface area contributed by atoms with Crippen molar-refractivity contribution in [1.29, 1.82) is 0 Å². The van der Waals surface area contributed by atoms with E-state index in [-0.39, 0.29) is 18.4 Å². The van der Waals surface area contributed by atoms with Crippen LogP contribution in [0.2, 0.25) is 5.02 Å². The lowest BCUT2D eigenvalue weighted by molar-refractivity contribution is -0.119. The molecule has 1 heterocycles. The van der Waals surface area contributed by atoms with E-state index in [1.54, 1.807) is 29.2 Å². The molecule has 0 unspecified atom stereocenters. The van der Waals surface area contributed by atoms with Gasteiger partial charge < -0.3 is 15.0 Å². The van der Waals surface area contributed by atoms with Crippen molar-refractivity contribution in [3.63, 3.8) is 0 Å². The fourth-order valence-electron chi connectivity index (χ4n) is 2.98. The first-order valence-corrected chi connectivity index (χ1v) is 9.06. The SMILES string of the molecule is CCC(=O)N1CCCc2ccc(NC(=O)COc3ccc(Cl)cc3)cc21. The number of hydrogen-bond donors (Lipinski definition) is 1. The Morgan fingerprint density at radius 2 is 1.96 bits per heavy atom. The summed E-state index contributed by atoms with van der Waals surface area (Å²) in [5.74, 6) is 0.416. The number of nitrogens with one attached hydrogen (secondary N) is 1. The number of benzene rings is 2. The lowest BCUT2D eigenvalue weighted by atomic mass is 10.0. The van der Waals surface area contributed by atoms with Gasteiger partial charge >= 0.3 is 0 Å². The number of halogens is 1. The molecule has 5 nitrogen and oxygen atoms in total. The second kappa shape index (κ2) is 8.23. The van der Waals surface area contributed by atoms with Crippen LogP contribution in [-0.2, 0) is 16.0 Å². The summed E-state index contributed by atoms with van der Waals surface area (Å²) in [5.41, 5.74) is 2.68. The summed E-state index contributed by atoms with van der Waals surface area (Å²) in [6, 6.07) is 12.5. The Morgan fingerprint density at radius 3 is 2.69 bits per heavy atom. The average Bonchev–Trinajstić information content (AvgIpc) is 2.66. The van der Waals surface area contributed by atoms with E-state index in [0.29, 0.717) is 22.9 Å². The average molecular weight is 373 g/mol. The second-order valence-corrected chi connectivity index (χ2v) is 6.57. The number of carbonyl (C=O) groups is 2. The van der Waals surface area contributed by atoms with E-state index in [1.807, 2.05) is 25.1 Å². The van der Waals surface area contributed by atoms with Gasteiger partial charge in [0.2, 0.25) is 5.91 Å². The van der Waals surface area contributed by atoms with Gasteiger partial charge in [0.25, 0.3) is 5.91 Å². The molecule has 0 atom stereocenters. The molecule has 0 radical (unpaired) electrons. The highest BCUT2D eigenvalue weighted by Crippen LogP contribution is 2.30. The normalized spacial score (nSPS) is 13.1. The van der Waals surface area contributed by atoms with Gasteiger partial charge in [-0.25, -0.2) is 0 Å². The molecule has 2 aromatic rings. The molecule has 1 aliphatic heterocycles. The Hall–Kier alpha value is -2.53. The zero-order chi connectivity index (χ0) is 18.5. The van der Waals surface area contributed by atoms with Gasteiger partial charge in [-0.3, -0.25) is 9.59 Å². The zero-order valence-electron chi connectivity index (χ0n) is 14.6. The summed E-state index contributed by atoms with van der Waals surface area (Å²) in [4.78, 5) is 26.1. The number of aryl methyl sites for hydroxylation is 1. The van der Waals surface area contributed by atoms with Crippen molar-refractivity contribution in [2.24, 2.45) is 0 Å². The van der Waals surface area contributed by atoms with E-state index < -0.39 is 0 Å². The quantitative estimate of drug-likeness (QED) is 0.861. The molecule has 0 fully saturated rings. The van der Waals surface area contributed by atoms with Crippen molar-refractivity contribution >= 4 is 34.8 Å². The summed E-state index contributed by atoms with van der Waals surface area (Å²) in [5, 5.41) is 3.44. The van der Waals surface area contributed by atoms with E-state index in [1.165, 1.54) is 0 Å². The van der Waals surface area contributed by atoms with E-state index in [0.717, 1.165) is 30.6 Å². The van der Waals surface area contributed by atoms with Crippen LogP contribution in [0.25, 0.3) is 0 Å². The van der Waals surface area contributed by atoms with Crippen LogP contribution in [0.15, 0.2) is 42.5 Å². The number of nitrogens with zero attached hydrogens (tertiary/aromatic N) is 1. The third-order valence-corrected chi connectivity index (χ3v) is 4.53. The van der Waals surface area contributed by atoms with Crippen LogP contribution in [0.5, 0.6) is 5.75 Å². The molecule has 26 heavy (non-hydrogen) atoms. The largest absolute Gasteiger partial charge is 0.484 e. The summed E-state index contributed by atoms with van der Waals surface area (Å²) in [7, 11) is 0. The van der Waals surface area contributed by atoms with Crippen LogP contribution < -0.4 is 15.0 Å². The van der Waals surface area contributed by atoms with Gasteiger partial charge in [0, 0.05) is 29.4 Å². The predicted molar refractivity (Wildman–Crippen MR) is 103 cm³/mol. The number of amides is 2. The first-order valence-electron chi connectivity index (χ1n) is 8.68. The molecule has 0 saturated carbocycles. The summed E-state index contributed by atoms with van der Waals surface area (Å²) in [6.07, 6.45) is 2.36. The van der Waals surface area contributed by atoms with Crippen molar-refractivity contribution in [3.05, 3.63) is 53.1 Å². The van der Waals surface area contributed by atoms with Gasteiger partial charge in [-0.1, -0.05) is 24.6 Å². The Kier molecular flexibility index (Phi) is 5.78. The standard InChI is InChI=1S/C20H21ClN2O3/c1-2-20(25)23-11-3-4-14-5-8-16(12-18(14)23)22-19(24)13-26-17-9-6-15(21)7-10-17/h5-10,12H,2-4,11,13H2,1H3,(H,22,24). The van der Waals surface area contributed by atoms with Gasteiger partial charge in [0.05, 0.1) is 0 Å². The van der Waals surface area contributed by atoms with E-state index >= 15 is 0 Å². The number of carbonyl (C=O) groups excluding carboxylic acids is 2. The molecular weight excluding hydrogens is 352 g/mol. The molecule has 1 aliphatic rings. The van der Waals surface area contributed by atoms with Gasteiger partial charge in [-0.15, -0.1) is 0 Å². The van der Waals surface area contributed by atoms with Gasteiger partial charge in [-0.05, 0) is 54.8 Å². The number of ether oxygens (including phenoxy) is 1. The van der Waals surface area contributed by atoms with Crippen LogP contribution >= 0.6 is 11.6 Å². The van der Waals surface area contributed by atoms with Crippen LogP contribution in [0.3, 0.4) is 0 Å². The van der Waals surface area contributed by atoms with E-state index in [9.17, 15) is 9.59 Å². The van der Waals surface area contributed by atoms with Crippen LogP contribution in [-0.4, -0.2) is 25.0 Å². The molecule has 2 aromatic carbocycles. The van der Waals surface area contributed by atoms with E-state index in [4.69, 9.17) is 16.3 Å². The molecule has 0 spiro atoms. The number of rotatable bonds is 5. The molecule has 6 heteroatoms. The number of fused-ring (bicyclic) bond motifs is 1. The van der Waals surface area contributed by atoms with Crippen molar-refractivity contribution in [2.45, 2.75) is 26.2 Å². The second-order valence-electron chi connectivity index (χ2n) is 6.14. The fraction of sp³-hybridized carbons (Fsp3) is 0.300. The molecule has 2 amide bonds. The Labute approximate surface area is 157 Å². The molecule has 0 saturated heterocycles. The molecule has 3 rings (SSSR count). The monoisotopic (exact) mass is 372 g/mol. The molecule has 1 N–H and O–H groups in total. The molecule has 0 aliphatic carbocycles. The van der Waals surface area contributed by atoms with Gasteiger partial charge in [0.15, 0.2) is 6.61 Å². The van der Waals surface area contributed by atoms with Crippen molar-refractivity contribution in [2.75, 3.05) is 23.4 Å². The maximum atomic E-state index is 12.2. The van der Waals surface area contributed by atoms with E-state index in [2.05, 4.69) is 5.32 Å². The molecule has 0 aromatic heterocycles. The zero-order valence-corrected chi connectivity index (χ0v) is 15.4. The topological polar surface area (TPSA) is 58.6 Å². The smallest absolute Gasteiger partial charge is 0.262 e. The van der Waals surface area contributed by atoms with Gasteiger partial charge in [0.1, 0.15) is 5.75 Å². The third-order valence-electron chi connectivity index (χ3n) is 4.27. The van der Waals surface area contributed by atoms with Gasteiger partial charge in [-0.2, -0.15) is 0 Å². The van der Waals surface area contributed by atoms with Crippen LogP contribution in [0.1, 0.15) is 25.3 Å². The Morgan fingerprint density at radius 1 is 1.19 bits per heavy atom. The Bertz CT molecular complexity index is 805. The predicted octanol–water partition coefficient (Wildman–Crippen LogP) is 4.05. The maximum absolute atomic E-state index is 12.2. The van der Waals surface area contributed by atoms with Crippen LogP contribution in [0, 0.1) is 0 Å². The summed E-state index contributed by atoms with van der Waals surface area (Å²) >= 11 is 5.82. The van der Waals surface area contributed by atoms with Crippen molar-refractivity contribution < 1.29 is 14.3 Å². The summed E-state index contributed by atoms with van der Waals surface area (Å²) < 4.78 is 5.45. The molecular formula is C20H21ClN2O3. The first-order chi connectivity index (χ1) is 12.6. The minimum absolute atomic E-state index is 0.0977. The summed E-state index contributed by atoms with van der Waals surface area (Å²) in [6.45, 7) is 2.48. The third kappa shape index (κ3) is 4.35. The number of hydrogen-bond acceptors (Lipinski definition) is 3. The highest BCUT2D eigenvalue weighted by atomic mass is 35.5. The first kappa shape index (κ1) is 18.3. The van der Waals surface area contributed by atoms with Crippen molar-refractivity contribution in [3.8, 4) is 5.75 Å². The van der Waals surface area contributed by atoms with Crippen LogP contribution in [0.4, 0.5) is 11.4 Å². The molecule has 136 valence electrons. The lowest BCUT2D eigenvalue weighted by Crippen LogP contribution is -2.35. The maximum Gasteiger partial charge on any atom is 0.262 e. The minimum Gasteiger partial charge on any atom is -0.484 e.